The predicted molar refractivity (Wildman–Crippen MR) is 92.2 cm³/mol. The number of benzene rings is 1. The number of nitrogens with one attached hydrogen (secondary N) is 1. The molecule has 2 aliphatic rings. The fourth-order valence-electron chi connectivity index (χ4n) is 2.90. The van der Waals surface area contributed by atoms with Gasteiger partial charge >= 0.3 is 11.9 Å². The van der Waals surface area contributed by atoms with Crippen LogP contribution < -0.4 is 20.5 Å². The Labute approximate surface area is 152 Å². The van der Waals surface area contributed by atoms with Crippen LogP contribution in [0.4, 0.5) is 0 Å². The number of carbonyl (C=O) groups excluding carboxylic acids is 3. The zero-order chi connectivity index (χ0) is 18.0. The molecule has 8 heteroatoms. The van der Waals surface area contributed by atoms with E-state index in [4.69, 9.17) is 15.2 Å². The lowest BCUT2D eigenvalue weighted by molar-refractivity contribution is -0.133. The summed E-state index contributed by atoms with van der Waals surface area (Å²) in [4.78, 5) is 36.2. The molecule has 1 aromatic carbocycles. The molecule has 132 valence electrons. The van der Waals surface area contributed by atoms with Crippen LogP contribution in [0, 0.1) is 0 Å². The summed E-state index contributed by atoms with van der Waals surface area (Å²) in [5, 5.41) is 2.89. The standard InChI is InChI=1S/C17H17BrN2O5/c18-10-6-5-9(17(23)20-12-4-2-1-3-11(12)19)15-16(10)25-14(22)8-7-13(21)24-15/h5-8,11-12H,1-4,19H2,(H,20,23)/b8-7-. The van der Waals surface area contributed by atoms with Crippen LogP contribution in [-0.2, 0) is 9.59 Å². The first kappa shape index (κ1) is 17.6. The first-order chi connectivity index (χ1) is 12.0. The van der Waals surface area contributed by atoms with Crippen LogP contribution >= 0.6 is 15.9 Å². The maximum atomic E-state index is 12.7. The molecule has 2 atom stereocenters. The van der Waals surface area contributed by atoms with E-state index in [0.717, 1.165) is 37.8 Å². The Morgan fingerprint density at radius 1 is 1.08 bits per heavy atom. The van der Waals surface area contributed by atoms with Crippen molar-refractivity contribution in [2.24, 2.45) is 5.73 Å². The van der Waals surface area contributed by atoms with E-state index in [0.29, 0.717) is 4.47 Å². The van der Waals surface area contributed by atoms with E-state index in [9.17, 15) is 14.4 Å². The molecule has 0 spiro atoms. The lowest BCUT2D eigenvalue weighted by Crippen LogP contribution is -2.49. The van der Waals surface area contributed by atoms with Gasteiger partial charge in [-0.2, -0.15) is 0 Å². The van der Waals surface area contributed by atoms with Crippen molar-refractivity contribution in [3.63, 3.8) is 0 Å². The van der Waals surface area contributed by atoms with Crippen LogP contribution in [-0.4, -0.2) is 29.9 Å². The largest absolute Gasteiger partial charge is 0.418 e. The Morgan fingerprint density at radius 3 is 2.40 bits per heavy atom. The minimum absolute atomic E-state index is 0.0108. The van der Waals surface area contributed by atoms with Crippen molar-refractivity contribution < 1.29 is 23.9 Å². The smallest absolute Gasteiger partial charge is 0.336 e. The highest BCUT2D eigenvalue weighted by atomic mass is 79.9. The van der Waals surface area contributed by atoms with Crippen molar-refractivity contribution in [3.8, 4) is 11.5 Å². The second-order valence-electron chi connectivity index (χ2n) is 5.96. The number of amides is 1. The number of ether oxygens (including phenoxy) is 2. The highest BCUT2D eigenvalue weighted by Crippen LogP contribution is 2.39. The Morgan fingerprint density at radius 2 is 1.72 bits per heavy atom. The van der Waals surface area contributed by atoms with Crippen molar-refractivity contribution >= 4 is 33.8 Å². The summed E-state index contributed by atoms with van der Waals surface area (Å²) in [6.45, 7) is 0. The van der Waals surface area contributed by atoms with Gasteiger partial charge in [0.15, 0.2) is 11.5 Å². The molecule has 1 amide bonds. The highest BCUT2D eigenvalue weighted by molar-refractivity contribution is 9.10. The third kappa shape index (κ3) is 3.91. The molecule has 7 nitrogen and oxygen atoms in total. The summed E-state index contributed by atoms with van der Waals surface area (Å²) in [7, 11) is 0. The number of hydrogen-bond donors (Lipinski definition) is 2. The number of hydrogen-bond acceptors (Lipinski definition) is 6. The Balaban J connectivity index is 1.93. The lowest BCUT2D eigenvalue weighted by atomic mass is 9.91. The van der Waals surface area contributed by atoms with Gasteiger partial charge in [0, 0.05) is 24.2 Å². The summed E-state index contributed by atoms with van der Waals surface area (Å²) in [6.07, 6.45) is 5.59. The third-order valence-corrected chi connectivity index (χ3v) is 4.83. The van der Waals surface area contributed by atoms with Gasteiger partial charge in [-0.05, 0) is 40.9 Å². The van der Waals surface area contributed by atoms with Crippen LogP contribution in [0.3, 0.4) is 0 Å². The Bertz CT molecular complexity index is 762. The molecule has 3 N–H and O–H groups in total. The van der Waals surface area contributed by atoms with Gasteiger partial charge in [0.1, 0.15) is 0 Å². The van der Waals surface area contributed by atoms with Crippen molar-refractivity contribution in [2.45, 2.75) is 37.8 Å². The molecule has 1 aliphatic carbocycles. The predicted octanol–water partition coefficient (Wildman–Crippen LogP) is 1.83. The van der Waals surface area contributed by atoms with Gasteiger partial charge in [0.25, 0.3) is 5.91 Å². The second kappa shape index (κ2) is 7.37. The highest BCUT2D eigenvalue weighted by Gasteiger charge is 2.28. The van der Waals surface area contributed by atoms with E-state index in [1.165, 1.54) is 6.07 Å². The molecule has 1 fully saturated rings. The van der Waals surface area contributed by atoms with Gasteiger partial charge in [-0.1, -0.05) is 12.8 Å². The first-order valence-electron chi connectivity index (χ1n) is 7.96. The average Bonchev–Trinajstić information content (AvgIpc) is 2.57. The zero-order valence-electron chi connectivity index (χ0n) is 13.3. The molecule has 25 heavy (non-hydrogen) atoms. The topological polar surface area (TPSA) is 108 Å². The number of rotatable bonds is 2. The lowest BCUT2D eigenvalue weighted by Gasteiger charge is -2.29. The van der Waals surface area contributed by atoms with E-state index < -0.39 is 17.8 Å². The zero-order valence-corrected chi connectivity index (χ0v) is 14.9. The summed E-state index contributed by atoms with van der Waals surface area (Å²) < 4.78 is 10.8. The minimum atomic E-state index is -0.764. The minimum Gasteiger partial charge on any atom is -0.418 e. The maximum Gasteiger partial charge on any atom is 0.336 e. The van der Waals surface area contributed by atoms with Crippen molar-refractivity contribution in [2.75, 3.05) is 0 Å². The van der Waals surface area contributed by atoms with Gasteiger partial charge in [0.05, 0.1) is 10.0 Å². The number of fused-ring (bicyclic) bond motifs is 1. The quantitative estimate of drug-likeness (QED) is 0.570. The second-order valence-corrected chi connectivity index (χ2v) is 6.81. The molecule has 1 saturated carbocycles. The maximum absolute atomic E-state index is 12.7. The Kier molecular flexibility index (Phi) is 5.19. The summed E-state index contributed by atoms with van der Waals surface area (Å²) in [6, 6.07) is 2.80. The van der Waals surface area contributed by atoms with Gasteiger partial charge in [-0.3, -0.25) is 4.79 Å². The number of nitrogens with two attached hydrogens (primary N) is 1. The van der Waals surface area contributed by atoms with Gasteiger partial charge < -0.3 is 20.5 Å². The van der Waals surface area contributed by atoms with Gasteiger partial charge in [-0.25, -0.2) is 9.59 Å². The summed E-state index contributed by atoms with van der Waals surface area (Å²) in [5.41, 5.74) is 6.17. The van der Waals surface area contributed by atoms with Crippen molar-refractivity contribution in [1.29, 1.82) is 0 Å². The third-order valence-electron chi connectivity index (χ3n) is 4.21. The molecular formula is C17H17BrN2O5. The summed E-state index contributed by atoms with van der Waals surface area (Å²) in [5.74, 6) is -2.04. The van der Waals surface area contributed by atoms with E-state index in [1.54, 1.807) is 6.07 Å². The van der Waals surface area contributed by atoms with E-state index in [1.807, 2.05) is 0 Å². The first-order valence-corrected chi connectivity index (χ1v) is 8.75. The number of halogens is 1. The van der Waals surface area contributed by atoms with Crippen molar-refractivity contribution in [3.05, 3.63) is 34.3 Å². The van der Waals surface area contributed by atoms with Crippen LogP contribution in [0.25, 0.3) is 0 Å². The molecule has 1 aromatic rings. The molecule has 0 bridgehead atoms. The molecule has 1 heterocycles. The van der Waals surface area contributed by atoms with Gasteiger partial charge in [0.2, 0.25) is 0 Å². The fourth-order valence-corrected chi connectivity index (χ4v) is 3.30. The van der Waals surface area contributed by atoms with E-state index >= 15 is 0 Å². The van der Waals surface area contributed by atoms with Gasteiger partial charge in [-0.15, -0.1) is 0 Å². The number of carbonyl (C=O) groups is 3. The summed E-state index contributed by atoms with van der Waals surface area (Å²) >= 11 is 3.24. The van der Waals surface area contributed by atoms with Crippen LogP contribution in [0.5, 0.6) is 11.5 Å². The van der Waals surface area contributed by atoms with Crippen molar-refractivity contribution in [1.82, 2.24) is 5.32 Å². The molecular weight excluding hydrogens is 392 g/mol. The van der Waals surface area contributed by atoms with Crippen LogP contribution in [0.2, 0.25) is 0 Å². The molecule has 2 unspecified atom stereocenters. The molecule has 0 radical (unpaired) electrons. The van der Waals surface area contributed by atoms with E-state index in [2.05, 4.69) is 21.2 Å². The molecule has 3 rings (SSSR count). The number of esters is 2. The van der Waals surface area contributed by atoms with Crippen LogP contribution in [0.1, 0.15) is 36.0 Å². The molecule has 0 saturated heterocycles. The average molecular weight is 409 g/mol. The Hall–Kier alpha value is -2.19. The molecule has 1 aliphatic heterocycles. The molecule has 0 aromatic heterocycles. The fraction of sp³-hybridized carbons (Fsp3) is 0.353. The van der Waals surface area contributed by atoms with Crippen LogP contribution in [0.15, 0.2) is 28.8 Å². The monoisotopic (exact) mass is 408 g/mol. The normalized spacial score (nSPS) is 24.2. The van der Waals surface area contributed by atoms with E-state index in [-0.39, 0.29) is 29.1 Å². The SMILES string of the molecule is NC1CCCCC1NC(=O)c1ccc(Br)c2c1OC(=O)/C=C\C(=O)O2.